The lowest BCUT2D eigenvalue weighted by atomic mass is 9.96. The number of nitrogens with one attached hydrogen (secondary N) is 1. The van der Waals surface area contributed by atoms with Crippen LogP contribution >= 0.6 is 18.5 Å². The Morgan fingerprint density at radius 2 is 1.93 bits per heavy atom. The van der Waals surface area contributed by atoms with Crippen molar-refractivity contribution in [1.29, 1.82) is 0 Å². The van der Waals surface area contributed by atoms with Crippen LogP contribution in [-0.2, 0) is 27.9 Å². The Bertz CT molecular complexity index is 1620. The third-order valence-electron chi connectivity index (χ3n) is 7.20. The van der Waals surface area contributed by atoms with Gasteiger partial charge < -0.3 is 39.6 Å². The van der Waals surface area contributed by atoms with Crippen molar-refractivity contribution in [3.8, 4) is 0 Å². The molecule has 0 amide bonds. The maximum Gasteiger partial charge on any atom is 0.280 e. The smallest absolute Gasteiger partial charge is 0.280 e. The van der Waals surface area contributed by atoms with Crippen LogP contribution in [0.3, 0.4) is 0 Å². The van der Waals surface area contributed by atoms with Crippen LogP contribution in [0.25, 0.3) is 22.3 Å². The van der Waals surface area contributed by atoms with E-state index in [1.165, 1.54) is 23.5 Å². The SMILES string of the molecule is C[C@@H](OP)C1O[C@@H](n2cnc3c(N)ncnc32)[C@H](O)[C@@H]1COPOC1C[C@@H](OO)[C@H](n2cnc3c(=O)[nH]c(N)nc32)O1. The average Bonchev–Trinajstić information content (AvgIpc) is 3.75. The normalized spacial score (nSPS) is 29.0. The van der Waals surface area contributed by atoms with Crippen molar-refractivity contribution in [2.24, 2.45) is 5.92 Å². The molecule has 2 fully saturated rings. The number of fused-ring (bicyclic) bond motifs is 2. The van der Waals surface area contributed by atoms with Gasteiger partial charge in [-0.2, -0.15) is 4.98 Å². The first-order valence-corrected chi connectivity index (χ1v) is 13.9. The molecule has 0 bridgehead atoms. The van der Waals surface area contributed by atoms with Crippen molar-refractivity contribution in [3.63, 3.8) is 0 Å². The average molecular weight is 626 g/mol. The number of aromatic amines is 1. The number of aliphatic hydroxyl groups is 1. The van der Waals surface area contributed by atoms with E-state index >= 15 is 0 Å². The van der Waals surface area contributed by atoms with E-state index in [9.17, 15) is 15.2 Å². The van der Waals surface area contributed by atoms with Gasteiger partial charge in [-0.25, -0.2) is 24.8 Å². The van der Waals surface area contributed by atoms with E-state index in [0.717, 1.165) is 0 Å². The first-order valence-electron chi connectivity index (χ1n) is 12.6. The Labute approximate surface area is 240 Å². The van der Waals surface area contributed by atoms with Crippen molar-refractivity contribution >= 4 is 52.6 Å². The highest BCUT2D eigenvalue weighted by molar-refractivity contribution is 7.26. The highest BCUT2D eigenvalue weighted by Crippen LogP contribution is 2.40. The molecule has 2 aliphatic rings. The zero-order chi connectivity index (χ0) is 29.5. The van der Waals surface area contributed by atoms with Gasteiger partial charge in [0.05, 0.1) is 31.5 Å². The molecule has 0 saturated carbocycles. The number of nitrogens with two attached hydrogens (primary N) is 2. The number of nitrogens with zero attached hydrogens (tertiary/aromatic N) is 7. The summed E-state index contributed by atoms with van der Waals surface area (Å²) in [6.45, 7) is 1.86. The van der Waals surface area contributed by atoms with Crippen LogP contribution in [0.1, 0.15) is 25.8 Å². The first kappa shape index (κ1) is 29.1. The Morgan fingerprint density at radius 3 is 2.69 bits per heavy atom. The molecular formula is C21H28N10O9P2. The summed E-state index contributed by atoms with van der Waals surface area (Å²) >= 11 is 0. The number of nitrogen functional groups attached to an aromatic ring is 2. The second-order valence-corrected chi connectivity index (χ2v) is 10.7. The molecule has 21 heteroatoms. The minimum atomic E-state index is -1.02. The Hall–Kier alpha value is -2.96. The number of ether oxygens (including phenoxy) is 2. The fourth-order valence-electron chi connectivity index (χ4n) is 5.13. The molecule has 4 aromatic rings. The van der Waals surface area contributed by atoms with Gasteiger partial charge in [0.25, 0.3) is 5.56 Å². The van der Waals surface area contributed by atoms with Crippen LogP contribution in [0.4, 0.5) is 11.8 Å². The molecule has 4 unspecified atom stereocenters. The highest BCUT2D eigenvalue weighted by atomic mass is 31.1. The van der Waals surface area contributed by atoms with Gasteiger partial charge in [0.1, 0.15) is 24.1 Å². The second-order valence-electron chi connectivity index (χ2n) is 9.69. The van der Waals surface area contributed by atoms with E-state index in [2.05, 4.69) is 44.3 Å². The Morgan fingerprint density at radius 1 is 1.17 bits per heavy atom. The summed E-state index contributed by atoms with van der Waals surface area (Å²) in [7, 11) is 1.69. The van der Waals surface area contributed by atoms with Crippen LogP contribution in [0.15, 0.2) is 23.8 Å². The number of rotatable bonds is 10. The molecule has 19 nitrogen and oxygen atoms in total. The van der Waals surface area contributed by atoms with Crippen LogP contribution in [0.5, 0.6) is 0 Å². The molecule has 226 valence electrons. The zero-order valence-corrected chi connectivity index (χ0v) is 24.0. The van der Waals surface area contributed by atoms with E-state index in [1.807, 2.05) is 6.92 Å². The Kier molecular flexibility index (Phi) is 8.30. The molecule has 7 N–H and O–H groups in total. The summed E-state index contributed by atoms with van der Waals surface area (Å²) in [5, 5.41) is 20.7. The number of aliphatic hydroxyl groups excluding tert-OH is 1. The summed E-state index contributed by atoms with van der Waals surface area (Å²) in [6.07, 6.45) is -1.18. The minimum absolute atomic E-state index is 0.0487. The maximum atomic E-state index is 12.1. The molecular weight excluding hydrogens is 598 g/mol. The largest absolute Gasteiger partial charge is 0.388 e. The van der Waals surface area contributed by atoms with Crippen LogP contribution in [0, 0.1) is 5.92 Å². The third kappa shape index (κ3) is 5.22. The van der Waals surface area contributed by atoms with Gasteiger partial charge in [-0.15, -0.1) is 0 Å². The van der Waals surface area contributed by atoms with Gasteiger partial charge in [0, 0.05) is 21.8 Å². The molecule has 42 heavy (non-hydrogen) atoms. The molecule has 4 aromatic heterocycles. The summed E-state index contributed by atoms with van der Waals surface area (Å²) < 4.78 is 32.1. The van der Waals surface area contributed by atoms with Crippen molar-refractivity contribution in [2.75, 3.05) is 18.1 Å². The lowest BCUT2D eigenvalue weighted by Gasteiger charge is -2.24. The predicted octanol–water partition coefficient (Wildman–Crippen LogP) is -0.161. The maximum absolute atomic E-state index is 12.1. The van der Waals surface area contributed by atoms with Gasteiger partial charge >= 0.3 is 0 Å². The van der Waals surface area contributed by atoms with E-state index in [1.54, 1.807) is 4.57 Å². The number of H-pyrrole nitrogens is 1. The molecule has 0 aliphatic carbocycles. The second kappa shape index (κ2) is 12.0. The molecule has 2 aliphatic heterocycles. The lowest BCUT2D eigenvalue weighted by molar-refractivity contribution is -0.293. The van der Waals surface area contributed by atoms with E-state index < -0.39 is 63.7 Å². The van der Waals surface area contributed by atoms with Gasteiger partial charge in [0.15, 0.2) is 50.4 Å². The zero-order valence-electron chi connectivity index (χ0n) is 21.9. The lowest BCUT2D eigenvalue weighted by Crippen LogP contribution is -2.35. The molecule has 0 radical (unpaired) electrons. The van der Waals surface area contributed by atoms with Gasteiger partial charge in [-0.3, -0.25) is 24.2 Å². The first-order chi connectivity index (χ1) is 20.3. The van der Waals surface area contributed by atoms with Crippen LogP contribution in [-0.4, -0.2) is 86.7 Å². The topological polar surface area (TPSA) is 255 Å². The predicted molar refractivity (Wildman–Crippen MR) is 147 cm³/mol. The minimum Gasteiger partial charge on any atom is -0.388 e. The third-order valence-corrected chi connectivity index (χ3v) is 8.27. The molecule has 6 heterocycles. The highest BCUT2D eigenvalue weighted by Gasteiger charge is 2.48. The number of aromatic nitrogens is 8. The molecule has 10 atom stereocenters. The Balaban J connectivity index is 1.10. The van der Waals surface area contributed by atoms with Crippen molar-refractivity contribution in [2.45, 2.75) is 56.5 Å². The van der Waals surface area contributed by atoms with E-state index in [-0.39, 0.29) is 36.0 Å². The number of anilines is 2. The number of imidazole rings is 2. The fraction of sp³-hybridized carbons (Fsp3) is 0.524. The van der Waals surface area contributed by atoms with Crippen molar-refractivity contribution in [3.05, 3.63) is 29.3 Å². The van der Waals surface area contributed by atoms with Gasteiger partial charge in [-0.05, 0) is 6.92 Å². The van der Waals surface area contributed by atoms with Crippen LogP contribution in [0.2, 0.25) is 0 Å². The fourth-order valence-corrected chi connectivity index (χ4v) is 5.87. The number of hydrogen-bond donors (Lipinski definition) is 5. The van der Waals surface area contributed by atoms with Crippen LogP contribution < -0.4 is 17.0 Å². The quantitative estimate of drug-likeness (QED) is 0.0663. The summed E-state index contributed by atoms with van der Waals surface area (Å²) in [5.41, 5.74) is 12.1. The van der Waals surface area contributed by atoms with E-state index in [4.69, 9.17) is 34.5 Å². The van der Waals surface area contributed by atoms with Gasteiger partial charge in [0.2, 0.25) is 5.95 Å². The summed E-state index contributed by atoms with van der Waals surface area (Å²) in [4.78, 5) is 39.7. The standard InChI is InChI=1S/C21H28N10O9P2/c1-7(39-41)14-8(13(32)20(37-14)30-5-26-11-15(22)24-4-25-16(11)30)3-35-42-40-10-2-9(38-34)19(36-10)31-6-27-12-17(31)28-21(23)29-18(12)33/h4-10,13-14,19-20,32,34,42H,2-3,41H2,1H3,(H2,22,24,25)(H3,23,28,29,33)/t7-,8+,9-,10?,13-,14?,19-,20-/m1/s1. The van der Waals surface area contributed by atoms with E-state index in [0.29, 0.717) is 11.2 Å². The molecule has 6 rings (SSSR count). The molecule has 0 spiro atoms. The summed E-state index contributed by atoms with van der Waals surface area (Å²) in [5.74, 6) is -0.408. The molecule has 2 saturated heterocycles. The molecule has 0 aromatic carbocycles. The van der Waals surface area contributed by atoms with Crippen molar-refractivity contribution in [1.82, 2.24) is 39.0 Å². The van der Waals surface area contributed by atoms with Gasteiger partial charge in [-0.1, -0.05) is 0 Å². The van der Waals surface area contributed by atoms with Crippen molar-refractivity contribution < 1.29 is 38.3 Å². The summed E-state index contributed by atoms with van der Waals surface area (Å²) in [6, 6.07) is 0. The monoisotopic (exact) mass is 626 g/mol. The number of hydrogen-bond acceptors (Lipinski definition) is 16.